The molecule has 5 nitrogen and oxygen atoms in total. The van der Waals surface area contributed by atoms with Crippen LogP contribution in [0.25, 0.3) is 10.2 Å². The fourth-order valence-corrected chi connectivity index (χ4v) is 4.09. The van der Waals surface area contributed by atoms with Crippen molar-refractivity contribution in [2.75, 3.05) is 0 Å². The predicted octanol–water partition coefficient (Wildman–Crippen LogP) is 2.37. The van der Waals surface area contributed by atoms with Crippen LogP contribution < -0.4 is 5.56 Å². The molecule has 3 rings (SSSR count). The number of carbonyl (C=O) groups is 1. The number of carboxylic acid groups (broad SMARTS) is 1. The molecule has 0 saturated carbocycles. The molecule has 0 saturated heterocycles. The van der Waals surface area contributed by atoms with E-state index >= 15 is 0 Å². The summed E-state index contributed by atoms with van der Waals surface area (Å²) in [4.78, 5) is 30.2. The van der Waals surface area contributed by atoms with Crippen LogP contribution in [0.4, 0.5) is 0 Å². The van der Waals surface area contributed by atoms with Gasteiger partial charge in [0.2, 0.25) is 0 Å². The fraction of sp³-hybridized carbons (Fsp3) is 0.500. The Morgan fingerprint density at radius 1 is 1.50 bits per heavy atom. The van der Waals surface area contributed by atoms with Gasteiger partial charge in [0.05, 0.1) is 11.7 Å². The first-order chi connectivity index (χ1) is 9.63. The van der Waals surface area contributed by atoms with Gasteiger partial charge in [0.1, 0.15) is 10.9 Å². The lowest BCUT2D eigenvalue weighted by atomic mass is 9.97. The molecule has 0 spiro atoms. The Labute approximate surface area is 119 Å². The molecule has 0 amide bonds. The van der Waals surface area contributed by atoms with E-state index in [1.165, 1.54) is 15.8 Å². The Hall–Kier alpha value is -1.69. The van der Waals surface area contributed by atoms with Gasteiger partial charge >= 0.3 is 5.97 Å². The standard InChI is InChI=1S/C14H16N2O3S/c1-2-9(14(18)19)16-7-15-12-11(13(16)17)8-5-3-4-6-10(8)20-12/h7,9H,2-6H2,1H3,(H,18,19). The first-order valence-corrected chi connectivity index (χ1v) is 7.69. The van der Waals surface area contributed by atoms with Gasteiger partial charge in [-0.05, 0) is 37.7 Å². The molecule has 1 aliphatic rings. The molecule has 1 unspecified atom stereocenters. The predicted molar refractivity (Wildman–Crippen MR) is 77.5 cm³/mol. The summed E-state index contributed by atoms with van der Waals surface area (Å²) in [6.45, 7) is 1.76. The molecular weight excluding hydrogens is 276 g/mol. The number of hydrogen-bond donors (Lipinski definition) is 1. The van der Waals surface area contributed by atoms with Crippen molar-refractivity contribution in [1.82, 2.24) is 9.55 Å². The van der Waals surface area contributed by atoms with Crippen LogP contribution in [0.15, 0.2) is 11.1 Å². The molecule has 0 radical (unpaired) electrons. The average molecular weight is 292 g/mol. The Kier molecular flexibility index (Phi) is 3.33. The van der Waals surface area contributed by atoms with Crippen molar-refractivity contribution in [3.8, 4) is 0 Å². The van der Waals surface area contributed by atoms with Crippen molar-refractivity contribution in [3.05, 3.63) is 27.1 Å². The maximum Gasteiger partial charge on any atom is 0.326 e. The van der Waals surface area contributed by atoms with Crippen LogP contribution in [-0.2, 0) is 17.6 Å². The summed E-state index contributed by atoms with van der Waals surface area (Å²) in [5.74, 6) is -0.986. The number of aliphatic carboxylic acids is 1. The summed E-state index contributed by atoms with van der Waals surface area (Å²) < 4.78 is 1.27. The number of nitrogens with zero attached hydrogens (tertiary/aromatic N) is 2. The third kappa shape index (κ3) is 1.95. The highest BCUT2D eigenvalue weighted by atomic mass is 32.1. The van der Waals surface area contributed by atoms with Gasteiger partial charge in [-0.2, -0.15) is 0 Å². The molecule has 1 aliphatic carbocycles. The molecule has 20 heavy (non-hydrogen) atoms. The number of aromatic nitrogens is 2. The molecule has 0 aromatic carbocycles. The summed E-state index contributed by atoms with van der Waals surface area (Å²) in [7, 11) is 0. The number of aryl methyl sites for hydroxylation is 2. The second-order valence-corrected chi connectivity index (χ2v) is 6.19. The Balaban J connectivity index is 2.24. The van der Waals surface area contributed by atoms with E-state index in [9.17, 15) is 14.7 Å². The van der Waals surface area contributed by atoms with Crippen LogP contribution in [0, 0.1) is 0 Å². The zero-order chi connectivity index (χ0) is 14.3. The molecule has 2 aromatic rings. The monoisotopic (exact) mass is 292 g/mol. The first-order valence-electron chi connectivity index (χ1n) is 6.87. The van der Waals surface area contributed by atoms with Crippen molar-refractivity contribution < 1.29 is 9.90 Å². The highest BCUT2D eigenvalue weighted by Gasteiger charge is 2.24. The summed E-state index contributed by atoms with van der Waals surface area (Å²) in [5, 5.41) is 9.87. The first kappa shape index (κ1) is 13.3. The van der Waals surface area contributed by atoms with Gasteiger partial charge in [-0.1, -0.05) is 6.92 Å². The van der Waals surface area contributed by atoms with E-state index < -0.39 is 12.0 Å². The lowest BCUT2D eigenvalue weighted by molar-refractivity contribution is -0.141. The summed E-state index contributed by atoms with van der Waals surface area (Å²) >= 11 is 1.58. The van der Waals surface area contributed by atoms with E-state index in [4.69, 9.17) is 0 Å². The SMILES string of the molecule is CCC(C(=O)O)n1cnc2sc3c(c2c1=O)CCCC3. The van der Waals surface area contributed by atoms with E-state index in [0.717, 1.165) is 36.1 Å². The van der Waals surface area contributed by atoms with E-state index in [-0.39, 0.29) is 5.56 Å². The van der Waals surface area contributed by atoms with Crippen molar-refractivity contribution in [3.63, 3.8) is 0 Å². The normalized spacial score (nSPS) is 16.1. The lowest BCUT2D eigenvalue weighted by Crippen LogP contribution is -2.29. The van der Waals surface area contributed by atoms with Gasteiger partial charge in [-0.25, -0.2) is 9.78 Å². The zero-order valence-electron chi connectivity index (χ0n) is 11.3. The molecule has 106 valence electrons. The van der Waals surface area contributed by atoms with E-state index in [1.807, 2.05) is 0 Å². The maximum absolute atomic E-state index is 12.6. The van der Waals surface area contributed by atoms with Crippen LogP contribution >= 0.6 is 11.3 Å². The number of hydrogen-bond acceptors (Lipinski definition) is 4. The summed E-state index contributed by atoms with van der Waals surface area (Å²) in [6.07, 6.45) is 5.90. The minimum absolute atomic E-state index is 0.205. The highest BCUT2D eigenvalue weighted by Crippen LogP contribution is 2.33. The maximum atomic E-state index is 12.6. The molecule has 1 atom stereocenters. The van der Waals surface area contributed by atoms with Crippen LogP contribution in [0.1, 0.15) is 42.7 Å². The van der Waals surface area contributed by atoms with E-state index in [2.05, 4.69) is 4.98 Å². The van der Waals surface area contributed by atoms with E-state index in [0.29, 0.717) is 11.8 Å². The number of carboxylic acids is 1. The second-order valence-electron chi connectivity index (χ2n) is 5.11. The molecule has 2 heterocycles. The third-order valence-electron chi connectivity index (χ3n) is 3.91. The second kappa shape index (κ2) is 5.01. The number of thiophene rings is 1. The lowest BCUT2D eigenvalue weighted by Gasteiger charge is -2.14. The van der Waals surface area contributed by atoms with Crippen molar-refractivity contribution in [2.24, 2.45) is 0 Å². The number of rotatable bonds is 3. The van der Waals surface area contributed by atoms with Gasteiger partial charge < -0.3 is 5.11 Å². The topological polar surface area (TPSA) is 72.2 Å². The molecular formula is C14H16N2O3S. The fourth-order valence-electron chi connectivity index (χ4n) is 2.87. The van der Waals surface area contributed by atoms with Gasteiger partial charge in [0.15, 0.2) is 0 Å². The van der Waals surface area contributed by atoms with Crippen LogP contribution in [-0.4, -0.2) is 20.6 Å². The molecule has 0 fully saturated rings. The van der Waals surface area contributed by atoms with Crippen LogP contribution in [0.2, 0.25) is 0 Å². The molecule has 0 aliphatic heterocycles. The van der Waals surface area contributed by atoms with Crippen LogP contribution in [0.5, 0.6) is 0 Å². The molecule has 2 aromatic heterocycles. The molecule has 0 bridgehead atoms. The average Bonchev–Trinajstić information content (AvgIpc) is 2.81. The van der Waals surface area contributed by atoms with Crippen LogP contribution in [0.3, 0.4) is 0 Å². The molecule has 1 N–H and O–H groups in total. The Morgan fingerprint density at radius 3 is 2.95 bits per heavy atom. The third-order valence-corrected chi connectivity index (χ3v) is 5.11. The quantitative estimate of drug-likeness (QED) is 0.942. The zero-order valence-corrected chi connectivity index (χ0v) is 12.1. The van der Waals surface area contributed by atoms with Gasteiger partial charge in [-0.3, -0.25) is 9.36 Å². The Bertz CT molecular complexity index is 732. The van der Waals surface area contributed by atoms with Crippen molar-refractivity contribution in [2.45, 2.75) is 45.1 Å². The molecule has 6 heteroatoms. The van der Waals surface area contributed by atoms with Gasteiger partial charge in [0, 0.05) is 4.88 Å². The van der Waals surface area contributed by atoms with Gasteiger partial charge in [0.25, 0.3) is 5.56 Å². The minimum atomic E-state index is -0.986. The largest absolute Gasteiger partial charge is 0.480 e. The summed E-state index contributed by atoms with van der Waals surface area (Å²) in [6, 6.07) is -0.835. The van der Waals surface area contributed by atoms with Gasteiger partial charge in [-0.15, -0.1) is 11.3 Å². The Morgan fingerprint density at radius 2 is 2.25 bits per heavy atom. The smallest absolute Gasteiger partial charge is 0.326 e. The highest BCUT2D eigenvalue weighted by molar-refractivity contribution is 7.18. The summed E-state index contributed by atoms with van der Waals surface area (Å²) in [5.41, 5.74) is 0.895. The van der Waals surface area contributed by atoms with E-state index in [1.54, 1.807) is 18.3 Å². The number of fused-ring (bicyclic) bond motifs is 3. The van der Waals surface area contributed by atoms with Crippen molar-refractivity contribution in [1.29, 1.82) is 0 Å². The van der Waals surface area contributed by atoms with Crippen molar-refractivity contribution >= 4 is 27.5 Å². The minimum Gasteiger partial charge on any atom is -0.480 e.